The van der Waals surface area contributed by atoms with Crippen molar-refractivity contribution < 1.29 is 4.74 Å². The van der Waals surface area contributed by atoms with E-state index in [1.165, 1.54) is 64.2 Å². The molecular formula is C16H31NO. The van der Waals surface area contributed by atoms with Crippen LogP contribution in [0.1, 0.15) is 71.1 Å². The third-order valence-corrected chi connectivity index (χ3v) is 4.81. The Hall–Kier alpha value is -0.0800. The van der Waals surface area contributed by atoms with Crippen LogP contribution in [0, 0.1) is 5.92 Å². The number of hydrogen-bond donors (Lipinski definition) is 1. The Balaban J connectivity index is 1.52. The van der Waals surface area contributed by atoms with E-state index in [0.717, 1.165) is 25.1 Å². The Labute approximate surface area is 113 Å². The number of rotatable bonds is 6. The van der Waals surface area contributed by atoms with Gasteiger partial charge >= 0.3 is 0 Å². The maximum Gasteiger partial charge on any atom is 0.0594 e. The van der Waals surface area contributed by atoms with Gasteiger partial charge in [-0.3, -0.25) is 0 Å². The first kappa shape index (κ1) is 14.3. The van der Waals surface area contributed by atoms with Gasteiger partial charge in [0.2, 0.25) is 0 Å². The van der Waals surface area contributed by atoms with Crippen LogP contribution in [0.15, 0.2) is 0 Å². The molecule has 0 aromatic rings. The Kier molecular flexibility index (Phi) is 6.50. The van der Waals surface area contributed by atoms with E-state index in [1.807, 2.05) is 0 Å². The van der Waals surface area contributed by atoms with E-state index in [2.05, 4.69) is 12.2 Å². The summed E-state index contributed by atoms with van der Waals surface area (Å²) in [5.74, 6) is 0.926. The van der Waals surface area contributed by atoms with Gasteiger partial charge in [-0.25, -0.2) is 0 Å². The fraction of sp³-hybridized carbons (Fsp3) is 1.00. The summed E-state index contributed by atoms with van der Waals surface area (Å²) in [6.07, 6.45) is 14.3. The van der Waals surface area contributed by atoms with E-state index >= 15 is 0 Å². The van der Waals surface area contributed by atoms with Gasteiger partial charge in [-0.2, -0.15) is 0 Å². The Morgan fingerprint density at radius 2 is 1.83 bits per heavy atom. The molecule has 1 N–H and O–H groups in total. The monoisotopic (exact) mass is 253 g/mol. The van der Waals surface area contributed by atoms with E-state index in [-0.39, 0.29) is 0 Å². The molecule has 2 aliphatic rings. The van der Waals surface area contributed by atoms with E-state index in [9.17, 15) is 0 Å². The molecule has 0 bridgehead atoms. The lowest BCUT2D eigenvalue weighted by Gasteiger charge is -2.29. The lowest BCUT2D eigenvalue weighted by Crippen LogP contribution is -2.34. The molecule has 2 atom stereocenters. The highest BCUT2D eigenvalue weighted by molar-refractivity contribution is 4.74. The maximum atomic E-state index is 6.04. The zero-order valence-corrected chi connectivity index (χ0v) is 12.1. The number of nitrogens with one attached hydrogen (secondary N) is 1. The molecule has 0 aromatic heterocycles. The Bertz CT molecular complexity index is 213. The summed E-state index contributed by atoms with van der Waals surface area (Å²) >= 11 is 0. The molecule has 0 radical (unpaired) electrons. The minimum Gasteiger partial charge on any atom is -0.377 e. The third-order valence-electron chi connectivity index (χ3n) is 4.81. The van der Waals surface area contributed by atoms with Gasteiger partial charge in [-0.05, 0) is 31.6 Å². The second kappa shape index (κ2) is 8.16. The molecule has 2 saturated carbocycles. The predicted molar refractivity (Wildman–Crippen MR) is 76.9 cm³/mol. The molecule has 0 saturated heterocycles. The minimum atomic E-state index is 0.553. The van der Waals surface area contributed by atoms with E-state index < -0.39 is 0 Å². The molecule has 106 valence electrons. The molecule has 18 heavy (non-hydrogen) atoms. The highest BCUT2D eigenvalue weighted by Gasteiger charge is 2.21. The van der Waals surface area contributed by atoms with Crippen molar-refractivity contribution in [1.82, 2.24) is 5.32 Å². The lowest BCUT2D eigenvalue weighted by molar-refractivity contribution is 0.0131. The average molecular weight is 253 g/mol. The van der Waals surface area contributed by atoms with Crippen molar-refractivity contribution in [2.24, 2.45) is 5.92 Å². The van der Waals surface area contributed by atoms with Gasteiger partial charge in [0.15, 0.2) is 0 Å². The smallest absolute Gasteiger partial charge is 0.0594 e. The van der Waals surface area contributed by atoms with E-state index in [0.29, 0.717) is 6.10 Å². The molecular weight excluding hydrogens is 222 g/mol. The van der Waals surface area contributed by atoms with Crippen molar-refractivity contribution >= 4 is 0 Å². The third kappa shape index (κ3) is 4.89. The van der Waals surface area contributed by atoms with Gasteiger partial charge < -0.3 is 10.1 Å². The Morgan fingerprint density at radius 3 is 2.61 bits per heavy atom. The van der Waals surface area contributed by atoms with Crippen molar-refractivity contribution in [3.63, 3.8) is 0 Å². The van der Waals surface area contributed by atoms with Gasteiger partial charge in [0.1, 0.15) is 0 Å². The summed E-state index contributed by atoms with van der Waals surface area (Å²) in [7, 11) is 0. The van der Waals surface area contributed by atoms with Crippen LogP contribution < -0.4 is 5.32 Å². The van der Waals surface area contributed by atoms with Crippen LogP contribution in [-0.2, 0) is 4.74 Å². The van der Waals surface area contributed by atoms with Crippen molar-refractivity contribution in [3.05, 3.63) is 0 Å². The SMILES string of the molecule is CCC1CCCC(OCCNC2CCCCC2)C1. The second-order valence-corrected chi connectivity index (χ2v) is 6.22. The average Bonchev–Trinajstić information content (AvgIpc) is 2.45. The molecule has 2 nitrogen and oxygen atoms in total. The van der Waals surface area contributed by atoms with Gasteiger partial charge in [-0.15, -0.1) is 0 Å². The zero-order chi connectivity index (χ0) is 12.6. The first-order valence-electron chi connectivity index (χ1n) is 8.23. The summed E-state index contributed by atoms with van der Waals surface area (Å²) in [5.41, 5.74) is 0. The second-order valence-electron chi connectivity index (χ2n) is 6.22. The number of hydrogen-bond acceptors (Lipinski definition) is 2. The molecule has 2 aliphatic carbocycles. The summed E-state index contributed by atoms with van der Waals surface area (Å²) in [5, 5.41) is 3.66. The van der Waals surface area contributed by atoms with Gasteiger partial charge in [-0.1, -0.05) is 45.4 Å². The molecule has 2 rings (SSSR count). The molecule has 2 unspecified atom stereocenters. The minimum absolute atomic E-state index is 0.553. The van der Waals surface area contributed by atoms with E-state index in [4.69, 9.17) is 4.74 Å². The first-order valence-corrected chi connectivity index (χ1v) is 8.23. The molecule has 2 heteroatoms. The Morgan fingerprint density at radius 1 is 1.00 bits per heavy atom. The predicted octanol–water partition coefficient (Wildman–Crippen LogP) is 3.89. The number of ether oxygens (including phenoxy) is 1. The highest BCUT2D eigenvalue weighted by Crippen LogP contribution is 2.28. The topological polar surface area (TPSA) is 21.3 Å². The fourth-order valence-corrected chi connectivity index (χ4v) is 3.56. The van der Waals surface area contributed by atoms with Gasteiger partial charge in [0, 0.05) is 12.6 Å². The lowest BCUT2D eigenvalue weighted by atomic mass is 9.85. The maximum absolute atomic E-state index is 6.04. The molecule has 0 spiro atoms. The summed E-state index contributed by atoms with van der Waals surface area (Å²) in [4.78, 5) is 0. The molecule has 2 fully saturated rings. The summed E-state index contributed by atoms with van der Waals surface area (Å²) in [6.45, 7) is 4.28. The van der Waals surface area contributed by atoms with Crippen molar-refractivity contribution in [3.8, 4) is 0 Å². The normalized spacial score (nSPS) is 30.5. The zero-order valence-electron chi connectivity index (χ0n) is 12.1. The highest BCUT2D eigenvalue weighted by atomic mass is 16.5. The van der Waals surface area contributed by atoms with Crippen LogP contribution in [-0.4, -0.2) is 25.3 Å². The van der Waals surface area contributed by atoms with Crippen LogP contribution in [0.3, 0.4) is 0 Å². The molecule has 0 heterocycles. The fourth-order valence-electron chi connectivity index (χ4n) is 3.56. The summed E-state index contributed by atoms with van der Waals surface area (Å²) in [6, 6.07) is 0.775. The van der Waals surface area contributed by atoms with E-state index in [1.54, 1.807) is 0 Å². The van der Waals surface area contributed by atoms with Crippen LogP contribution in [0.2, 0.25) is 0 Å². The largest absolute Gasteiger partial charge is 0.377 e. The van der Waals surface area contributed by atoms with Crippen molar-refractivity contribution in [2.75, 3.05) is 13.2 Å². The van der Waals surface area contributed by atoms with Crippen LogP contribution in [0.4, 0.5) is 0 Å². The molecule has 0 aliphatic heterocycles. The molecule has 0 amide bonds. The quantitative estimate of drug-likeness (QED) is 0.725. The first-order chi connectivity index (χ1) is 8.88. The van der Waals surface area contributed by atoms with Crippen molar-refractivity contribution in [1.29, 1.82) is 0 Å². The van der Waals surface area contributed by atoms with Gasteiger partial charge in [0.05, 0.1) is 12.7 Å². The van der Waals surface area contributed by atoms with Crippen molar-refractivity contribution in [2.45, 2.75) is 83.3 Å². The van der Waals surface area contributed by atoms with Gasteiger partial charge in [0.25, 0.3) is 0 Å². The van der Waals surface area contributed by atoms with Crippen LogP contribution in [0.25, 0.3) is 0 Å². The van der Waals surface area contributed by atoms with Crippen LogP contribution in [0.5, 0.6) is 0 Å². The molecule has 0 aromatic carbocycles. The van der Waals surface area contributed by atoms with Crippen LogP contribution >= 0.6 is 0 Å². The standard InChI is InChI=1S/C16H31NO/c1-2-14-7-6-10-16(13-14)18-12-11-17-15-8-4-3-5-9-15/h14-17H,2-13H2,1H3. The summed E-state index contributed by atoms with van der Waals surface area (Å²) < 4.78 is 6.04.